The molecule has 0 spiro atoms. The van der Waals surface area contributed by atoms with Gasteiger partial charge in [0.25, 0.3) is 0 Å². The number of aryl methyl sites for hydroxylation is 2. The minimum absolute atomic E-state index is 0. The largest absolute Gasteiger partial charge is 0.466 e. The fourth-order valence-corrected chi connectivity index (χ4v) is 3.58. The van der Waals surface area contributed by atoms with E-state index in [0.717, 1.165) is 49.9 Å². The Morgan fingerprint density at radius 2 is 2.14 bits per heavy atom. The molecule has 0 amide bonds. The van der Waals surface area contributed by atoms with E-state index in [1.54, 1.807) is 6.92 Å². The van der Waals surface area contributed by atoms with Gasteiger partial charge in [-0.15, -0.1) is 24.0 Å². The van der Waals surface area contributed by atoms with Crippen LogP contribution in [0.15, 0.2) is 15.5 Å². The Morgan fingerprint density at radius 3 is 2.71 bits per heavy atom. The van der Waals surface area contributed by atoms with E-state index < -0.39 is 5.60 Å². The van der Waals surface area contributed by atoms with Crippen LogP contribution in [0.1, 0.15) is 44.8 Å². The van der Waals surface area contributed by atoms with E-state index in [2.05, 4.69) is 34.4 Å². The number of aliphatic imine (C=N–C) groups is 1. The monoisotopic (exact) mass is 508 g/mol. The van der Waals surface area contributed by atoms with Crippen LogP contribution in [-0.2, 0) is 10.3 Å². The highest BCUT2D eigenvalue weighted by atomic mass is 127. The molecular weight excluding hydrogens is 471 g/mol. The summed E-state index contributed by atoms with van der Waals surface area (Å²) in [6.45, 7) is 16.3. The summed E-state index contributed by atoms with van der Waals surface area (Å²) < 4.78 is 11.1. The molecule has 1 aromatic rings. The maximum Gasteiger partial charge on any atom is 0.191 e. The second kappa shape index (κ2) is 11.4. The summed E-state index contributed by atoms with van der Waals surface area (Å²) in [5.74, 6) is 2.24. The normalized spacial score (nSPS) is 21.5. The highest BCUT2D eigenvalue weighted by Gasteiger charge is 2.28. The lowest BCUT2D eigenvalue weighted by Gasteiger charge is -2.38. The number of furan rings is 1. The summed E-state index contributed by atoms with van der Waals surface area (Å²) in [4.78, 5) is 7.06. The molecule has 1 aromatic heterocycles. The van der Waals surface area contributed by atoms with Crippen molar-refractivity contribution in [2.45, 2.75) is 59.2 Å². The molecule has 28 heavy (non-hydrogen) atoms. The molecule has 2 rings (SSSR count). The van der Waals surface area contributed by atoms with Gasteiger partial charge in [0.1, 0.15) is 17.1 Å². The molecule has 0 saturated carbocycles. The first kappa shape index (κ1) is 25.2. The van der Waals surface area contributed by atoms with Gasteiger partial charge in [0.15, 0.2) is 5.96 Å². The number of morpholine rings is 1. The van der Waals surface area contributed by atoms with Crippen molar-refractivity contribution in [2.24, 2.45) is 4.99 Å². The quantitative estimate of drug-likeness (QED) is 0.298. The topological polar surface area (TPSA) is 82.3 Å². The highest BCUT2D eigenvalue weighted by Crippen LogP contribution is 2.27. The van der Waals surface area contributed by atoms with Crippen LogP contribution in [0.4, 0.5) is 0 Å². The molecule has 0 bridgehead atoms. The van der Waals surface area contributed by atoms with Crippen LogP contribution in [0.2, 0.25) is 0 Å². The molecule has 1 saturated heterocycles. The zero-order valence-corrected chi connectivity index (χ0v) is 20.4. The summed E-state index contributed by atoms with van der Waals surface area (Å²) in [6, 6.07) is 2.67. The second-order valence-corrected chi connectivity index (χ2v) is 7.69. The van der Waals surface area contributed by atoms with Gasteiger partial charge in [-0.3, -0.25) is 4.90 Å². The molecule has 0 aliphatic carbocycles. The van der Waals surface area contributed by atoms with E-state index in [9.17, 15) is 5.11 Å². The Kier molecular flexibility index (Phi) is 10.2. The third-order valence-electron chi connectivity index (χ3n) is 5.06. The molecule has 0 aromatic carbocycles. The van der Waals surface area contributed by atoms with Crippen LogP contribution < -0.4 is 10.6 Å². The van der Waals surface area contributed by atoms with Gasteiger partial charge in [-0.1, -0.05) is 0 Å². The minimum atomic E-state index is -1.07. The van der Waals surface area contributed by atoms with E-state index in [1.165, 1.54) is 0 Å². The van der Waals surface area contributed by atoms with Crippen molar-refractivity contribution >= 4 is 29.9 Å². The zero-order chi connectivity index (χ0) is 20.0. The van der Waals surface area contributed by atoms with E-state index in [0.29, 0.717) is 18.0 Å². The highest BCUT2D eigenvalue weighted by molar-refractivity contribution is 14.0. The maximum atomic E-state index is 10.9. The van der Waals surface area contributed by atoms with E-state index in [-0.39, 0.29) is 30.5 Å². The van der Waals surface area contributed by atoms with Crippen molar-refractivity contribution < 1.29 is 14.3 Å². The predicted octanol–water partition coefficient (Wildman–Crippen LogP) is 2.39. The second-order valence-electron chi connectivity index (χ2n) is 7.69. The standard InChI is InChI=1S/C20H36N4O3.HI/c1-7-21-19(22-11-14(2)24-8-9-26-12-15(24)3)23-13-20(6,25)18-10-16(4)27-17(18)5;/h10,14-15,25H,7-9,11-13H2,1-6H3,(H2,21,22,23);1H. The third kappa shape index (κ3) is 6.89. The van der Waals surface area contributed by atoms with Gasteiger partial charge >= 0.3 is 0 Å². The van der Waals surface area contributed by atoms with Crippen molar-refractivity contribution in [1.82, 2.24) is 15.5 Å². The van der Waals surface area contributed by atoms with Crippen LogP contribution in [0.25, 0.3) is 0 Å². The smallest absolute Gasteiger partial charge is 0.191 e. The molecular formula is C20H37IN4O3. The molecule has 7 nitrogen and oxygen atoms in total. The van der Waals surface area contributed by atoms with Gasteiger partial charge in [0, 0.05) is 37.3 Å². The number of nitrogens with one attached hydrogen (secondary N) is 2. The molecule has 3 N–H and O–H groups in total. The van der Waals surface area contributed by atoms with Gasteiger partial charge in [-0.25, -0.2) is 4.99 Å². The molecule has 1 fully saturated rings. The lowest BCUT2D eigenvalue weighted by molar-refractivity contribution is -0.0174. The lowest BCUT2D eigenvalue weighted by atomic mass is 9.96. The Balaban J connectivity index is 0.00000392. The predicted molar refractivity (Wildman–Crippen MR) is 124 cm³/mol. The fraction of sp³-hybridized carbons (Fsp3) is 0.750. The average Bonchev–Trinajstić information content (AvgIpc) is 2.97. The molecule has 1 aliphatic heterocycles. The van der Waals surface area contributed by atoms with Crippen molar-refractivity contribution in [2.75, 3.05) is 39.4 Å². The lowest BCUT2D eigenvalue weighted by Crippen LogP contribution is -2.53. The summed E-state index contributed by atoms with van der Waals surface area (Å²) in [5.41, 5.74) is -0.288. The van der Waals surface area contributed by atoms with Gasteiger partial charge in [0.05, 0.1) is 19.8 Å². The summed E-state index contributed by atoms with van der Waals surface area (Å²) in [5, 5.41) is 17.5. The first-order chi connectivity index (χ1) is 12.7. The van der Waals surface area contributed by atoms with E-state index in [1.807, 2.05) is 26.8 Å². The van der Waals surface area contributed by atoms with Gasteiger partial charge in [-0.05, 0) is 47.6 Å². The molecule has 162 valence electrons. The van der Waals surface area contributed by atoms with Crippen LogP contribution in [0, 0.1) is 13.8 Å². The van der Waals surface area contributed by atoms with E-state index in [4.69, 9.17) is 9.15 Å². The first-order valence-corrected chi connectivity index (χ1v) is 9.90. The van der Waals surface area contributed by atoms with Gasteiger partial charge in [-0.2, -0.15) is 0 Å². The van der Waals surface area contributed by atoms with Crippen molar-refractivity contribution in [3.63, 3.8) is 0 Å². The number of guanidine groups is 1. The molecule has 3 atom stereocenters. The summed E-state index contributed by atoms with van der Waals surface area (Å²) in [7, 11) is 0. The molecule has 3 unspecified atom stereocenters. The Labute approximate surface area is 186 Å². The Morgan fingerprint density at radius 1 is 1.43 bits per heavy atom. The first-order valence-electron chi connectivity index (χ1n) is 9.90. The number of rotatable bonds is 7. The summed E-state index contributed by atoms with van der Waals surface area (Å²) >= 11 is 0. The SMILES string of the molecule is CCNC(=NCC(C)(O)c1cc(C)oc1C)NCC(C)N1CCOCC1C.I. The number of aliphatic hydroxyl groups is 1. The fourth-order valence-electron chi connectivity index (χ4n) is 3.58. The Bertz CT molecular complexity index is 633. The van der Waals surface area contributed by atoms with Crippen LogP contribution in [0.3, 0.4) is 0 Å². The molecule has 2 heterocycles. The minimum Gasteiger partial charge on any atom is -0.466 e. The molecule has 1 aliphatic rings. The van der Waals surface area contributed by atoms with Crippen molar-refractivity contribution in [3.05, 3.63) is 23.2 Å². The molecule has 0 radical (unpaired) electrons. The summed E-state index contributed by atoms with van der Waals surface area (Å²) in [6.07, 6.45) is 0. The van der Waals surface area contributed by atoms with Gasteiger partial charge in [0.2, 0.25) is 0 Å². The van der Waals surface area contributed by atoms with Crippen LogP contribution in [0.5, 0.6) is 0 Å². The van der Waals surface area contributed by atoms with E-state index >= 15 is 0 Å². The number of ether oxygens (including phenoxy) is 1. The van der Waals surface area contributed by atoms with Crippen molar-refractivity contribution in [1.29, 1.82) is 0 Å². The maximum absolute atomic E-state index is 10.9. The van der Waals surface area contributed by atoms with Crippen LogP contribution >= 0.6 is 24.0 Å². The molecule has 8 heteroatoms. The number of hydrogen-bond acceptors (Lipinski definition) is 5. The average molecular weight is 508 g/mol. The van der Waals surface area contributed by atoms with Gasteiger partial charge < -0.3 is 24.9 Å². The number of hydrogen-bond donors (Lipinski definition) is 3. The third-order valence-corrected chi connectivity index (χ3v) is 5.06. The zero-order valence-electron chi connectivity index (χ0n) is 18.0. The number of nitrogens with zero attached hydrogens (tertiary/aromatic N) is 2. The number of halogens is 1. The van der Waals surface area contributed by atoms with Crippen LogP contribution in [-0.4, -0.2) is 67.4 Å². The Hall–Kier alpha value is -0.840. The van der Waals surface area contributed by atoms with Crippen molar-refractivity contribution in [3.8, 4) is 0 Å².